The van der Waals surface area contributed by atoms with Gasteiger partial charge >= 0.3 is 0 Å². The molecule has 1 aromatic rings. The fraction of sp³-hybridized carbons (Fsp3) is 0.375. The van der Waals surface area contributed by atoms with Gasteiger partial charge in [-0.3, -0.25) is 10.1 Å². The molecule has 0 saturated heterocycles. The summed E-state index contributed by atoms with van der Waals surface area (Å²) in [5.74, 6) is -0.170. The maximum Gasteiger partial charge on any atom is 0.223 e. The number of Topliss-reactive ketones (excluding diaryl/α,β-unsaturated/α-hetero) is 1. The zero-order valence-electron chi connectivity index (χ0n) is 7.77. The highest BCUT2D eigenvalue weighted by molar-refractivity contribution is 9.09. The summed E-state index contributed by atoms with van der Waals surface area (Å²) in [6.45, 7) is 1.63. The third-order valence-corrected chi connectivity index (χ3v) is 2.47. The fourth-order valence-corrected chi connectivity index (χ4v) is 1.79. The summed E-state index contributed by atoms with van der Waals surface area (Å²) >= 11 is 3.21. The molecule has 0 bridgehead atoms. The van der Waals surface area contributed by atoms with Crippen molar-refractivity contribution in [2.45, 2.75) is 17.9 Å². The molecule has 0 spiro atoms. The standard InChI is InChI=1S/C8H8BrN3O3/c1-3-10-8(12-15-3)6-7(14)4(13)2-5(9)11-6/h2,5-6,11,13H,1H3. The van der Waals surface area contributed by atoms with Gasteiger partial charge in [0.1, 0.15) is 6.04 Å². The van der Waals surface area contributed by atoms with Gasteiger partial charge in [-0.1, -0.05) is 21.1 Å². The number of alkyl halides is 1. The van der Waals surface area contributed by atoms with E-state index in [1.165, 1.54) is 6.08 Å². The van der Waals surface area contributed by atoms with Gasteiger partial charge in [-0.25, -0.2) is 0 Å². The Morgan fingerprint density at radius 1 is 1.67 bits per heavy atom. The van der Waals surface area contributed by atoms with Crippen molar-refractivity contribution in [2.24, 2.45) is 0 Å². The van der Waals surface area contributed by atoms with E-state index in [-0.39, 0.29) is 16.5 Å². The molecule has 0 fully saturated rings. The second kappa shape index (κ2) is 3.74. The van der Waals surface area contributed by atoms with Gasteiger partial charge in [0, 0.05) is 6.92 Å². The van der Waals surface area contributed by atoms with Crippen molar-refractivity contribution in [3.8, 4) is 0 Å². The van der Waals surface area contributed by atoms with Gasteiger partial charge in [-0.2, -0.15) is 4.98 Å². The van der Waals surface area contributed by atoms with E-state index in [0.29, 0.717) is 5.89 Å². The normalized spacial score (nSPS) is 26.5. The van der Waals surface area contributed by atoms with Gasteiger partial charge in [-0.15, -0.1) is 0 Å². The van der Waals surface area contributed by atoms with E-state index in [1.807, 2.05) is 0 Å². The van der Waals surface area contributed by atoms with Crippen molar-refractivity contribution in [3.05, 3.63) is 23.6 Å². The Hall–Kier alpha value is -1.21. The zero-order chi connectivity index (χ0) is 11.0. The van der Waals surface area contributed by atoms with Gasteiger partial charge in [0.05, 0.1) is 4.95 Å². The lowest BCUT2D eigenvalue weighted by molar-refractivity contribution is -0.120. The highest BCUT2D eigenvalue weighted by Gasteiger charge is 2.33. The zero-order valence-corrected chi connectivity index (χ0v) is 9.35. The Morgan fingerprint density at radius 3 is 3.00 bits per heavy atom. The second-order valence-electron chi connectivity index (χ2n) is 3.09. The molecule has 7 heteroatoms. The molecule has 15 heavy (non-hydrogen) atoms. The van der Waals surface area contributed by atoms with Gasteiger partial charge in [-0.05, 0) is 6.08 Å². The minimum atomic E-state index is -0.767. The minimum Gasteiger partial charge on any atom is -0.504 e. The maximum absolute atomic E-state index is 11.6. The number of aromatic nitrogens is 2. The Labute approximate surface area is 93.5 Å². The van der Waals surface area contributed by atoms with Gasteiger partial charge in [0.15, 0.2) is 11.6 Å². The molecule has 1 aliphatic rings. The van der Waals surface area contributed by atoms with E-state index in [1.54, 1.807) is 6.92 Å². The van der Waals surface area contributed by atoms with E-state index in [2.05, 4.69) is 31.4 Å². The highest BCUT2D eigenvalue weighted by atomic mass is 79.9. The molecule has 1 aromatic heterocycles. The Bertz CT molecular complexity index is 429. The molecule has 0 amide bonds. The van der Waals surface area contributed by atoms with Crippen LogP contribution < -0.4 is 5.32 Å². The quantitative estimate of drug-likeness (QED) is 0.580. The number of nitrogens with one attached hydrogen (secondary N) is 1. The Kier molecular flexibility index (Phi) is 2.57. The number of nitrogens with zero attached hydrogens (tertiary/aromatic N) is 2. The molecule has 2 unspecified atom stereocenters. The molecule has 2 atom stereocenters. The van der Waals surface area contributed by atoms with Crippen molar-refractivity contribution in [3.63, 3.8) is 0 Å². The van der Waals surface area contributed by atoms with Crippen LogP contribution in [0.25, 0.3) is 0 Å². The van der Waals surface area contributed by atoms with Crippen LogP contribution in [0.1, 0.15) is 17.8 Å². The van der Waals surface area contributed by atoms with Crippen molar-refractivity contribution in [1.29, 1.82) is 0 Å². The number of aliphatic hydroxyl groups excluding tert-OH is 1. The van der Waals surface area contributed by atoms with Crippen LogP contribution in [0, 0.1) is 6.92 Å². The molecular formula is C8H8BrN3O3. The van der Waals surface area contributed by atoms with E-state index in [9.17, 15) is 9.90 Å². The summed E-state index contributed by atoms with van der Waals surface area (Å²) in [6.07, 6.45) is 1.37. The molecule has 0 saturated carbocycles. The number of ketones is 1. The van der Waals surface area contributed by atoms with Crippen molar-refractivity contribution in [2.75, 3.05) is 0 Å². The number of hydrogen-bond donors (Lipinski definition) is 2. The highest BCUT2D eigenvalue weighted by Crippen LogP contribution is 2.21. The molecule has 0 aliphatic carbocycles. The third-order valence-electron chi connectivity index (χ3n) is 1.95. The van der Waals surface area contributed by atoms with Crippen LogP contribution in [0.4, 0.5) is 0 Å². The van der Waals surface area contributed by atoms with Crippen LogP contribution in [0.15, 0.2) is 16.4 Å². The van der Waals surface area contributed by atoms with E-state index >= 15 is 0 Å². The number of aryl methyl sites for hydroxylation is 1. The summed E-state index contributed by atoms with van der Waals surface area (Å²) in [7, 11) is 0. The first-order chi connectivity index (χ1) is 7.08. The molecule has 80 valence electrons. The van der Waals surface area contributed by atoms with Gasteiger partial charge in [0.25, 0.3) is 0 Å². The molecular weight excluding hydrogens is 266 g/mol. The number of aliphatic hydroxyl groups is 1. The SMILES string of the molecule is Cc1nc(C2NC(Br)C=C(O)C2=O)no1. The molecule has 2 N–H and O–H groups in total. The number of carbonyl (C=O) groups is 1. The average molecular weight is 274 g/mol. The lowest BCUT2D eigenvalue weighted by Gasteiger charge is -2.21. The number of halogens is 1. The van der Waals surface area contributed by atoms with Gasteiger partial charge < -0.3 is 9.63 Å². The lowest BCUT2D eigenvalue weighted by Crippen LogP contribution is -2.38. The maximum atomic E-state index is 11.6. The predicted octanol–water partition coefficient (Wildman–Crippen LogP) is 0.754. The number of rotatable bonds is 1. The molecule has 2 rings (SSSR count). The van der Waals surface area contributed by atoms with Crippen molar-refractivity contribution >= 4 is 21.7 Å². The van der Waals surface area contributed by atoms with Crippen LogP contribution in [0.2, 0.25) is 0 Å². The third kappa shape index (κ3) is 1.93. The first-order valence-corrected chi connectivity index (χ1v) is 5.15. The lowest BCUT2D eigenvalue weighted by atomic mass is 10.1. The van der Waals surface area contributed by atoms with Crippen LogP contribution in [0.5, 0.6) is 0 Å². The first-order valence-electron chi connectivity index (χ1n) is 4.23. The average Bonchev–Trinajstić information content (AvgIpc) is 2.58. The summed E-state index contributed by atoms with van der Waals surface area (Å²) in [5, 5.41) is 15.8. The molecule has 1 aliphatic heterocycles. The van der Waals surface area contributed by atoms with Crippen LogP contribution in [-0.4, -0.2) is 26.0 Å². The van der Waals surface area contributed by atoms with E-state index in [0.717, 1.165) is 0 Å². The molecule has 2 heterocycles. The van der Waals surface area contributed by atoms with Crippen LogP contribution in [0.3, 0.4) is 0 Å². The summed E-state index contributed by atoms with van der Waals surface area (Å²) in [5.41, 5.74) is 0. The second-order valence-corrected chi connectivity index (χ2v) is 4.08. The Balaban J connectivity index is 2.31. The van der Waals surface area contributed by atoms with Crippen LogP contribution >= 0.6 is 15.9 Å². The summed E-state index contributed by atoms with van der Waals surface area (Å²) < 4.78 is 4.77. The summed E-state index contributed by atoms with van der Waals surface area (Å²) in [6, 6.07) is -0.767. The van der Waals surface area contributed by atoms with Crippen molar-refractivity contribution < 1.29 is 14.4 Å². The smallest absolute Gasteiger partial charge is 0.223 e. The predicted molar refractivity (Wildman–Crippen MR) is 53.3 cm³/mol. The molecule has 0 radical (unpaired) electrons. The van der Waals surface area contributed by atoms with E-state index < -0.39 is 11.8 Å². The largest absolute Gasteiger partial charge is 0.504 e. The molecule has 0 aromatic carbocycles. The number of hydrogen-bond acceptors (Lipinski definition) is 6. The summed E-state index contributed by atoms with van der Waals surface area (Å²) in [4.78, 5) is 15.2. The minimum absolute atomic E-state index is 0.224. The van der Waals surface area contributed by atoms with Crippen molar-refractivity contribution in [1.82, 2.24) is 15.5 Å². The fourth-order valence-electron chi connectivity index (χ4n) is 1.28. The monoisotopic (exact) mass is 273 g/mol. The topological polar surface area (TPSA) is 88.3 Å². The number of carbonyl (C=O) groups excluding carboxylic acids is 1. The Morgan fingerprint density at radius 2 is 2.40 bits per heavy atom. The van der Waals surface area contributed by atoms with Gasteiger partial charge in [0.2, 0.25) is 11.7 Å². The molecule has 6 nitrogen and oxygen atoms in total. The first kappa shape index (κ1) is 10.3. The van der Waals surface area contributed by atoms with Crippen LogP contribution in [-0.2, 0) is 4.79 Å². The van der Waals surface area contributed by atoms with E-state index in [4.69, 9.17) is 4.52 Å².